The van der Waals surface area contributed by atoms with E-state index in [9.17, 15) is 4.79 Å². The quantitative estimate of drug-likeness (QED) is 0.778. The van der Waals surface area contributed by atoms with Crippen molar-refractivity contribution in [1.82, 2.24) is 4.90 Å². The summed E-state index contributed by atoms with van der Waals surface area (Å²) in [6, 6.07) is 0.586. The molecule has 0 radical (unpaired) electrons. The second-order valence-corrected chi connectivity index (χ2v) is 5.33. The van der Waals surface area contributed by atoms with Crippen LogP contribution < -0.4 is 0 Å². The number of nitrogens with zero attached hydrogens (tertiary/aromatic N) is 1. The number of carboxylic acid groups (broad SMARTS) is 1. The molecule has 0 aromatic rings. The van der Waals surface area contributed by atoms with Gasteiger partial charge in [-0.2, -0.15) is 11.8 Å². The van der Waals surface area contributed by atoms with Crippen molar-refractivity contribution in [1.29, 1.82) is 0 Å². The van der Waals surface area contributed by atoms with Gasteiger partial charge in [0.1, 0.15) is 0 Å². The van der Waals surface area contributed by atoms with Crippen molar-refractivity contribution in [2.24, 2.45) is 0 Å². The highest BCUT2D eigenvalue weighted by atomic mass is 32.2. The molecule has 14 heavy (non-hydrogen) atoms. The van der Waals surface area contributed by atoms with Crippen LogP contribution in [-0.4, -0.2) is 46.1 Å². The van der Waals surface area contributed by atoms with Crippen LogP contribution >= 0.6 is 11.8 Å². The average Bonchev–Trinajstić information content (AvgIpc) is 2.12. The number of rotatable bonds is 4. The summed E-state index contributed by atoms with van der Waals surface area (Å²) in [7, 11) is 0. The number of aliphatic carboxylic acids is 1. The topological polar surface area (TPSA) is 40.5 Å². The van der Waals surface area contributed by atoms with Crippen molar-refractivity contribution in [3.05, 3.63) is 0 Å². The van der Waals surface area contributed by atoms with Gasteiger partial charge in [-0.05, 0) is 19.9 Å². The van der Waals surface area contributed by atoms with Crippen LogP contribution in [0.25, 0.3) is 0 Å². The molecule has 4 heteroatoms. The molecule has 1 fully saturated rings. The Morgan fingerprint density at radius 3 is 2.93 bits per heavy atom. The minimum Gasteiger partial charge on any atom is -0.481 e. The first-order valence-electron chi connectivity index (χ1n) is 5.18. The molecule has 1 rings (SSSR count). The molecule has 0 aromatic heterocycles. The Kier molecular flexibility index (Phi) is 4.75. The number of carbonyl (C=O) groups is 1. The van der Waals surface area contributed by atoms with Crippen molar-refractivity contribution in [3.8, 4) is 0 Å². The summed E-state index contributed by atoms with van der Waals surface area (Å²) in [4.78, 5) is 12.8. The molecule has 1 saturated heterocycles. The van der Waals surface area contributed by atoms with Crippen LogP contribution in [0.4, 0.5) is 0 Å². The molecule has 0 amide bonds. The Hall–Kier alpha value is -0.220. The van der Waals surface area contributed by atoms with Crippen molar-refractivity contribution in [3.63, 3.8) is 0 Å². The van der Waals surface area contributed by atoms with E-state index in [1.165, 1.54) is 5.75 Å². The van der Waals surface area contributed by atoms with Gasteiger partial charge < -0.3 is 5.11 Å². The van der Waals surface area contributed by atoms with E-state index in [4.69, 9.17) is 5.11 Å². The Balaban J connectivity index is 2.25. The fourth-order valence-corrected chi connectivity index (χ4v) is 2.91. The highest BCUT2D eigenvalue weighted by molar-refractivity contribution is 8.00. The van der Waals surface area contributed by atoms with Gasteiger partial charge in [-0.15, -0.1) is 0 Å². The highest BCUT2D eigenvalue weighted by Gasteiger charge is 2.24. The molecule has 0 unspecified atom stereocenters. The van der Waals surface area contributed by atoms with Gasteiger partial charge in [0.25, 0.3) is 0 Å². The summed E-state index contributed by atoms with van der Waals surface area (Å²) in [5.74, 6) is 0.496. The molecular weight excluding hydrogens is 198 g/mol. The standard InChI is InChI=1S/C10H19NO2S/c1-8-9(2)14-7-6-11(8)5-3-4-10(12)13/h8-9H,3-7H2,1-2H3,(H,12,13)/t8-,9+/m0/s1. The molecule has 2 atom stereocenters. The lowest BCUT2D eigenvalue weighted by atomic mass is 10.2. The maximum absolute atomic E-state index is 10.4. The van der Waals surface area contributed by atoms with Crippen molar-refractivity contribution in [2.75, 3.05) is 18.8 Å². The summed E-state index contributed by atoms with van der Waals surface area (Å²) in [6.07, 6.45) is 1.07. The molecule has 3 nitrogen and oxygen atoms in total. The van der Waals surface area contributed by atoms with Gasteiger partial charge in [-0.1, -0.05) is 6.92 Å². The first-order valence-corrected chi connectivity index (χ1v) is 6.23. The van der Waals surface area contributed by atoms with Gasteiger partial charge in [0.15, 0.2) is 0 Å². The molecule has 0 aliphatic carbocycles. The van der Waals surface area contributed by atoms with Gasteiger partial charge >= 0.3 is 5.97 Å². The Morgan fingerprint density at radius 2 is 2.29 bits per heavy atom. The monoisotopic (exact) mass is 217 g/mol. The zero-order chi connectivity index (χ0) is 10.6. The first kappa shape index (κ1) is 11.9. The van der Waals surface area contributed by atoms with Crippen LogP contribution in [0.1, 0.15) is 26.7 Å². The maximum Gasteiger partial charge on any atom is 0.303 e. The lowest BCUT2D eigenvalue weighted by Gasteiger charge is -2.37. The maximum atomic E-state index is 10.4. The van der Waals surface area contributed by atoms with Gasteiger partial charge in [0, 0.05) is 30.0 Å². The van der Waals surface area contributed by atoms with E-state index < -0.39 is 5.97 Å². The number of carboxylic acids is 1. The van der Waals surface area contributed by atoms with E-state index in [-0.39, 0.29) is 0 Å². The molecule has 1 N–H and O–H groups in total. The third-order valence-electron chi connectivity index (χ3n) is 2.85. The predicted octanol–water partition coefficient (Wildman–Crippen LogP) is 1.68. The van der Waals surface area contributed by atoms with Gasteiger partial charge in [0.05, 0.1) is 0 Å². The first-order chi connectivity index (χ1) is 6.61. The Bertz CT molecular complexity index is 199. The molecule has 0 spiro atoms. The van der Waals surface area contributed by atoms with Gasteiger partial charge in [-0.3, -0.25) is 9.69 Å². The van der Waals surface area contributed by atoms with Crippen molar-refractivity contribution < 1.29 is 9.90 Å². The van der Waals surface area contributed by atoms with Crippen molar-refractivity contribution >= 4 is 17.7 Å². The largest absolute Gasteiger partial charge is 0.481 e. The number of hydrogen-bond acceptors (Lipinski definition) is 3. The van der Waals surface area contributed by atoms with E-state index in [1.807, 2.05) is 11.8 Å². The van der Waals surface area contributed by atoms with Crippen LogP contribution in [-0.2, 0) is 4.79 Å². The lowest BCUT2D eigenvalue weighted by molar-refractivity contribution is -0.137. The molecule has 0 bridgehead atoms. The molecule has 0 saturated carbocycles. The van der Waals surface area contributed by atoms with Gasteiger partial charge in [0.2, 0.25) is 0 Å². The second-order valence-electron chi connectivity index (χ2n) is 3.85. The lowest BCUT2D eigenvalue weighted by Crippen LogP contribution is -2.45. The summed E-state index contributed by atoms with van der Waals surface area (Å²) in [5.41, 5.74) is 0. The van der Waals surface area contributed by atoms with Crippen molar-refractivity contribution in [2.45, 2.75) is 38.0 Å². The zero-order valence-electron chi connectivity index (χ0n) is 8.90. The van der Waals surface area contributed by atoms with Crippen LogP contribution in [0.3, 0.4) is 0 Å². The normalized spacial score (nSPS) is 29.0. The third-order valence-corrected chi connectivity index (χ3v) is 4.19. The second kappa shape index (κ2) is 5.61. The van der Waals surface area contributed by atoms with Crippen LogP contribution in [0.2, 0.25) is 0 Å². The van der Waals surface area contributed by atoms with Gasteiger partial charge in [-0.25, -0.2) is 0 Å². The summed E-state index contributed by atoms with van der Waals surface area (Å²) in [6.45, 7) is 6.52. The number of thioether (sulfide) groups is 1. The fourth-order valence-electron chi connectivity index (χ4n) is 1.74. The van der Waals surface area contributed by atoms with E-state index in [2.05, 4.69) is 18.7 Å². The van der Waals surface area contributed by atoms with Crippen LogP contribution in [0.15, 0.2) is 0 Å². The molecule has 1 aliphatic rings. The number of hydrogen-bond donors (Lipinski definition) is 1. The van der Waals surface area contributed by atoms with E-state index in [0.717, 1.165) is 19.5 Å². The van der Waals surface area contributed by atoms with E-state index in [0.29, 0.717) is 17.7 Å². The summed E-state index contributed by atoms with van der Waals surface area (Å²) < 4.78 is 0. The van der Waals surface area contributed by atoms with E-state index >= 15 is 0 Å². The molecular formula is C10H19NO2S. The van der Waals surface area contributed by atoms with Crippen LogP contribution in [0, 0.1) is 0 Å². The minimum atomic E-state index is -0.683. The molecule has 1 aliphatic heterocycles. The molecule has 1 heterocycles. The highest BCUT2D eigenvalue weighted by Crippen LogP contribution is 2.24. The SMILES string of the molecule is C[C@H]1SCCN(CCCC(=O)O)[C@H]1C. The minimum absolute atomic E-state index is 0.296. The smallest absolute Gasteiger partial charge is 0.303 e. The Labute approximate surface area is 89.9 Å². The predicted molar refractivity (Wildman–Crippen MR) is 59.8 cm³/mol. The Morgan fingerprint density at radius 1 is 1.57 bits per heavy atom. The summed E-state index contributed by atoms with van der Waals surface area (Å²) >= 11 is 2.01. The average molecular weight is 217 g/mol. The fraction of sp³-hybridized carbons (Fsp3) is 0.900. The zero-order valence-corrected chi connectivity index (χ0v) is 9.72. The molecule has 0 aromatic carbocycles. The van der Waals surface area contributed by atoms with Crippen LogP contribution in [0.5, 0.6) is 0 Å². The summed E-state index contributed by atoms with van der Waals surface area (Å²) in [5, 5.41) is 9.21. The third kappa shape index (κ3) is 3.50. The van der Waals surface area contributed by atoms with E-state index in [1.54, 1.807) is 0 Å². The molecule has 82 valence electrons.